The minimum absolute atomic E-state index is 0.302. The summed E-state index contributed by atoms with van der Waals surface area (Å²) in [6, 6.07) is 17.6. The van der Waals surface area contributed by atoms with Gasteiger partial charge in [-0.2, -0.15) is 0 Å². The minimum atomic E-state index is -0.302. The number of nitrogens with zero attached hydrogens (tertiary/aromatic N) is 1. The summed E-state index contributed by atoms with van der Waals surface area (Å²) in [6.45, 7) is 0.987. The van der Waals surface area contributed by atoms with Crippen LogP contribution in [-0.4, -0.2) is 31.3 Å². The van der Waals surface area contributed by atoms with E-state index in [-0.39, 0.29) is 6.09 Å². The Morgan fingerprint density at radius 2 is 1.86 bits per heavy atom. The molecule has 1 heterocycles. The van der Waals surface area contributed by atoms with Gasteiger partial charge < -0.3 is 9.47 Å². The number of amides is 1. The second-order valence-electron chi connectivity index (χ2n) is 4.93. The van der Waals surface area contributed by atoms with Gasteiger partial charge in [0.15, 0.2) is 0 Å². The zero-order valence-corrected chi connectivity index (χ0v) is 12.4. The third kappa shape index (κ3) is 2.96. The van der Waals surface area contributed by atoms with Crippen LogP contribution in [0, 0.1) is 0 Å². The maximum Gasteiger partial charge on any atom is 0.414 e. The second kappa shape index (κ2) is 6.35. The number of benzene rings is 2. The number of carbonyl (C=O) groups excluding carboxylic acids is 1. The standard InChI is InChI=1S/C18H17NO3/c1-21-16-9-7-14(8-10-16)13-17(15-5-3-2-4-6-15)19-11-12-22-18(19)20/h2-10,13H,11-12H2,1H3/b17-13-. The van der Waals surface area contributed by atoms with Crippen molar-refractivity contribution in [1.82, 2.24) is 4.90 Å². The fourth-order valence-corrected chi connectivity index (χ4v) is 2.40. The van der Waals surface area contributed by atoms with Crippen LogP contribution in [-0.2, 0) is 4.74 Å². The number of cyclic esters (lactones) is 1. The predicted octanol–water partition coefficient (Wildman–Crippen LogP) is 3.65. The molecule has 1 aliphatic heterocycles. The Labute approximate surface area is 129 Å². The van der Waals surface area contributed by atoms with E-state index in [1.54, 1.807) is 12.0 Å². The van der Waals surface area contributed by atoms with Gasteiger partial charge in [-0.1, -0.05) is 42.5 Å². The van der Waals surface area contributed by atoms with Gasteiger partial charge in [0.25, 0.3) is 0 Å². The maximum absolute atomic E-state index is 11.9. The molecule has 0 unspecified atom stereocenters. The molecule has 4 nitrogen and oxygen atoms in total. The third-order valence-corrected chi connectivity index (χ3v) is 3.54. The van der Waals surface area contributed by atoms with Crippen LogP contribution in [0.5, 0.6) is 5.75 Å². The van der Waals surface area contributed by atoms with Crippen molar-refractivity contribution in [2.45, 2.75) is 0 Å². The number of hydrogen-bond donors (Lipinski definition) is 0. The topological polar surface area (TPSA) is 38.8 Å². The molecule has 3 rings (SSSR count). The van der Waals surface area contributed by atoms with Crippen LogP contribution in [0.4, 0.5) is 4.79 Å². The summed E-state index contributed by atoms with van der Waals surface area (Å²) in [4.78, 5) is 13.6. The van der Waals surface area contributed by atoms with Crippen LogP contribution in [0.2, 0.25) is 0 Å². The molecule has 1 saturated heterocycles. The van der Waals surface area contributed by atoms with E-state index in [1.165, 1.54) is 0 Å². The van der Waals surface area contributed by atoms with E-state index in [0.29, 0.717) is 13.2 Å². The Hall–Kier alpha value is -2.75. The van der Waals surface area contributed by atoms with Crippen molar-refractivity contribution in [3.8, 4) is 5.75 Å². The summed E-state index contributed by atoms with van der Waals surface area (Å²) >= 11 is 0. The van der Waals surface area contributed by atoms with Gasteiger partial charge >= 0.3 is 6.09 Å². The van der Waals surface area contributed by atoms with Gasteiger partial charge in [-0.15, -0.1) is 0 Å². The average molecular weight is 295 g/mol. The first-order chi connectivity index (χ1) is 10.8. The van der Waals surface area contributed by atoms with E-state index in [4.69, 9.17) is 9.47 Å². The lowest BCUT2D eigenvalue weighted by atomic mass is 10.1. The molecule has 0 aliphatic carbocycles. The molecule has 0 radical (unpaired) electrons. The Kier molecular flexibility index (Phi) is 4.10. The first kappa shape index (κ1) is 14.2. The molecule has 22 heavy (non-hydrogen) atoms. The predicted molar refractivity (Wildman–Crippen MR) is 85.4 cm³/mol. The van der Waals surface area contributed by atoms with Crippen LogP contribution in [0.1, 0.15) is 11.1 Å². The van der Waals surface area contributed by atoms with E-state index in [1.807, 2.05) is 60.7 Å². The quantitative estimate of drug-likeness (QED) is 0.808. The lowest BCUT2D eigenvalue weighted by Gasteiger charge is -2.17. The van der Waals surface area contributed by atoms with Gasteiger partial charge in [0.05, 0.1) is 19.4 Å². The van der Waals surface area contributed by atoms with Crippen molar-refractivity contribution < 1.29 is 14.3 Å². The maximum atomic E-state index is 11.9. The second-order valence-corrected chi connectivity index (χ2v) is 4.93. The monoisotopic (exact) mass is 295 g/mol. The van der Waals surface area contributed by atoms with Gasteiger partial charge in [-0.25, -0.2) is 4.79 Å². The highest BCUT2D eigenvalue weighted by Crippen LogP contribution is 2.26. The van der Waals surface area contributed by atoms with Crippen molar-refractivity contribution >= 4 is 17.9 Å². The third-order valence-electron chi connectivity index (χ3n) is 3.54. The van der Waals surface area contributed by atoms with Gasteiger partial charge in [0.2, 0.25) is 0 Å². The molecule has 0 aromatic heterocycles. The van der Waals surface area contributed by atoms with Gasteiger partial charge in [-0.05, 0) is 29.3 Å². The summed E-state index contributed by atoms with van der Waals surface area (Å²) in [5.74, 6) is 0.805. The first-order valence-electron chi connectivity index (χ1n) is 7.13. The van der Waals surface area contributed by atoms with Crippen LogP contribution < -0.4 is 4.74 Å². The average Bonchev–Trinajstić information content (AvgIpc) is 3.00. The number of carbonyl (C=O) groups is 1. The van der Waals surface area contributed by atoms with Crippen molar-refractivity contribution in [3.63, 3.8) is 0 Å². The van der Waals surface area contributed by atoms with E-state index >= 15 is 0 Å². The molecule has 1 fully saturated rings. The van der Waals surface area contributed by atoms with Crippen LogP contribution >= 0.6 is 0 Å². The summed E-state index contributed by atoms with van der Waals surface area (Å²) in [7, 11) is 1.64. The fraction of sp³-hybridized carbons (Fsp3) is 0.167. The van der Waals surface area contributed by atoms with Crippen LogP contribution in [0.15, 0.2) is 54.6 Å². The van der Waals surface area contributed by atoms with Crippen LogP contribution in [0.25, 0.3) is 11.8 Å². The van der Waals surface area contributed by atoms with E-state index in [0.717, 1.165) is 22.6 Å². The zero-order chi connectivity index (χ0) is 15.4. The molecule has 0 atom stereocenters. The molecule has 2 aromatic carbocycles. The highest BCUT2D eigenvalue weighted by Gasteiger charge is 2.26. The Morgan fingerprint density at radius 1 is 1.14 bits per heavy atom. The SMILES string of the molecule is COc1ccc(/C=C(/c2ccccc2)N2CCOC2=O)cc1. The van der Waals surface area contributed by atoms with Crippen molar-refractivity contribution in [1.29, 1.82) is 0 Å². The zero-order valence-electron chi connectivity index (χ0n) is 12.4. The van der Waals surface area contributed by atoms with E-state index in [2.05, 4.69) is 0 Å². The summed E-state index contributed by atoms with van der Waals surface area (Å²) in [5, 5.41) is 0. The summed E-state index contributed by atoms with van der Waals surface area (Å²) in [6.07, 6.45) is 1.69. The van der Waals surface area contributed by atoms with Crippen molar-refractivity contribution in [2.75, 3.05) is 20.3 Å². The Bertz CT molecular complexity index is 677. The highest BCUT2D eigenvalue weighted by atomic mass is 16.6. The number of ether oxygens (including phenoxy) is 2. The number of rotatable bonds is 4. The van der Waals surface area contributed by atoms with Crippen molar-refractivity contribution in [3.05, 3.63) is 65.7 Å². The molecule has 0 bridgehead atoms. The lowest BCUT2D eigenvalue weighted by Crippen LogP contribution is -2.22. The molecule has 0 N–H and O–H groups in total. The largest absolute Gasteiger partial charge is 0.497 e. The Balaban J connectivity index is 2.00. The van der Waals surface area contributed by atoms with Gasteiger partial charge in [-0.3, -0.25) is 4.90 Å². The molecule has 1 aliphatic rings. The van der Waals surface area contributed by atoms with E-state index < -0.39 is 0 Å². The van der Waals surface area contributed by atoms with Crippen LogP contribution in [0.3, 0.4) is 0 Å². The minimum Gasteiger partial charge on any atom is -0.497 e. The van der Waals surface area contributed by atoms with Gasteiger partial charge in [0.1, 0.15) is 12.4 Å². The molecular weight excluding hydrogens is 278 g/mol. The van der Waals surface area contributed by atoms with Gasteiger partial charge in [0, 0.05) is 0 Å². The smallest absolute Gasteiger partial charge is 0.414 e. The molecular formula is C18H17NO3. The molecule has 4 heteroatoms. The molecule has 2 aromatic rings. The summed E-state index contributed by atoms with van der Waals surface area (Å²) < 4.78 is 10.2. The normalized spacial score (nSPS) is 14.9. The Morgan fingerprint density at radius 3 is 2.45 bits per heavy atom. The van der Waals surface area contributed by atoms with Crippen molar-refractivity contribution in [2.24, 2.45) is 0 Å². The summed E-state index contributed by atoms with van der Waals surface area (Å²) in [5.41, 5.74) is 2.82. The highest BCUT2D eigenvalue weighted by molar-refractivity contribution is 5.90. The molecule has 0 spiro atoms. The molecule has 0 saturated carbocycles. The lowest BCUT2D eigenvalue weighted by molar-refractivity contribution is 0.167. The first-order valence-corrected chi connectivity index (χ1v) is 7.13. The molecule has 1 amide bonds. The number of methoxy groups -OCH3 is 1. The fourth-order valence-electron chi connectivity index (χ4n) is 2.40. The van der Waals surface area contributed by atoms with E-state index in [9.17, 15) is 4.79 Å². The number of hydrogen-bond acceptors (Lipinski definition) is 3. The molecule has 112 valence electrons.